The Morgan fingerprint density at radius 2 is 2.07 bits per heavy atom. The zero-order valence-electron chi connectivity index (χ0n) is 15.8. The molecule has 0 fully saturated rings. The van der Waals surface area contributed by atoms with E-state index in [0.29, 0.717) is 0 Å². The fourth-order valence-corrected chi connectivity index (χ4v) is 3.74. The van der Waals surface area contributed by atoms with Gasteiger partial charge in [-0.1, -0.05) is 18.2 Å². The summed E-state index contributed by atoms with van der Waals surface area (Å²) < 4.78 is 3.47. The molecule has 146 valence electrons. The van der Waals surface area contributed by atoms with Crippen molar-refractivity contribution in [2.75, 3.05) is 0 Å². The van der Waals surface area contributed by atoms with Crippen LogP contribution in [0.2, 0.25) is 0 Å². The van der Waals surface area contributed by atoms with Crippen molar-refractivity contribution in [2.24, 2.45) is 5.10 Å². The van der Waals surface area contributed by atoms with Crippen molar-refractivity contribution in [3.05, 3.63) is 76.8 Å². The summed E-state index contributed by atoms with van der Waals surface area (Å²) in [6, 6.07) is 11.2. The number of hydrogen-bond acceptors (Lipinski definition) is 6. The quantitative estimate of drug-likeness (QED) is 0.393. The molecule has 0 saturated heterocycles. The minimum atomic E-state index is -0.595. The summed E-state index contributed by atoms with van der Waals surface area (Å²) in [6.45, 7) is 3.95. The molecule has 0 aliphatic carbocycles. The number of carbonyl (C=O) groups excluding carboxylic acids is 1. The second-order valence-corrected chi connectivity index (χ2v) is 7.19. The van der Waals surface area contributed by atoms with Gasteiger partial charge in [-0.05, 0) is 32.0 Å². The number of amides is 1. The highest BCUT2D eigenvalue weighted by molar-refractivity contribution is 7.12. The normalized spacial score (nSPS) is 11.2. The van der Waals surface area contributed by atoms with Crippen LogP contribution in [0.15, 0.2) is 59.3 Å². The second-order valence-electron chi connectivity index (χ2n) is 6.32. The number of para-hydroxylation sites is 1. The van der Waals surface area contributed by atoms with Crippen LogP contribution in [0, 0.1) is 13.8 Å². The molecule has 0 saturated carbocycles. The first-order valence-electron chi connectivity index (χ1n) is 8.81. The molecule has 8 nitrogen and oxygen atoms in total. The largest absolute Gasteiger partial charge is 0.504 e. The minimum Gasteiger partial charge on any atom is -0.504 e. The first kappa shape index (κ1) is 18.6. The van der Waals surface area contributed by atoms with Crippen molar-refractivity contribution in [2.45, 2.75) is 13.8 Å². The minimum absolute atomic E-state index is 0.0979. The SMILES string of the molecule is Cc1cc(/C=N\NC(=O)c2nn(-c3ccccc3)cc2O)c(C)n1-c1nccs1. The van der Waals surface area contributed by atoms with Crippen LogP contribution < -0.4 is 5.43 Å². The summed E-state index contributed by atoms with van der Waals surface area (Å²) in [5.41, 5.74) is 5.90. The molecule has 0 spiro atoms. The fourth-order valence-electron chi connectivity index (χ4n) is 2.99. The first-order chi connectivity index (χ1) is 14.0. The van der Waals surface area contributed by atoms with Gasteiger partial charge in [-0.15, -0.1) is 11.3 Å². The van der Waals surface area contributed by atoms with Gasteiger partial charge in [-0.2, -0.15) is 10.2 Å². The number of hydrogen-bond donors (Lipinski definition) is 2. The van der Waals surface area contributed by atoms with E-state index in [1.54, 1.807) is 23.7 Å². The third-order valence-corrected chi connectivity index (χ3v) is 5.14. The van der Waals surface area contributed by atoms with Gasteiger partial charge in [0.25, 0.3) is 5.91 Å². The number of benzene rings is 1. The molecule has 4 rings (SSSR count). The highest BCUT2D eigenvalue weighted by atomic mass is 32.1. The molecule has 4 aromatic rings. The zero-order chi connectivity index (χ0) is 20.4. The van der Waals surface area contributed by atoms with E-state index in [1.807, 2.05) is 60.2 Å². The third kappa shape index (κ3) is 3.67. The summed E-state index contributed by atoms with van der Waals surface area (Å²) in [7, 11) is 0. The van der Waals surface area contributed by atoms with Gasteiger partial charge in [0, 0.05) is 28.5 Å². The van der Waals surface area contributed by atoms with Gasteiger partial charge in [-0.25, -0.2) is 15.1 Å². The summed E-state index contributed by atoms with van der Waals surface area (Å²) in [5.74, 6) is -0.814. The van der Waals surface area contributed by atoms with Gasteiger partial charge in [0.15, 0.2) is 16.6 Å². The molecule has 29 heavy (non-hydrogen) atoms. The maximum Gasteiger partial charge on any atom is 0.295 e. The molecular formula is C20H18N6O2S. The smallest absolute Gasteiger partial charge is 0.295 e. The van der Waals surface area contributed by atoms with E-state index in [-0.39, 0.29) is 11.4 Å². The van der Waals surface area contributed by atoms with E-state index in [9.17, 15) is 9.90 Å². The van der Waals surface area contributed by atoms with Gasteiger partial charge in [0.2, 0.25) is 0 Å². The van der Waals surface area contributed by atoms with E-state index >= 15 is 0 Å². The number of aromatic hydroxyl groups is 1. The van der Waals surface area contributed by atoms with E-state index in [1.165, 1.54) is 10.9 Å². The molecular weight excluding hydrogens is 388 g/mol. The van der Waals surface area contributed by atoms with Crippen molar-refractivity contribution in [3.8, 4) is 16.6 Å². The molecule has 9 heteroatoms. The maximum atomic E-state index is 12.4. The van der Waals surface area contributed by atoms with Crippen molar-refractivity contribution < 1.29 is 9.90 Å². The van der Waals surface area contributed by atoms with Gasteiger partial charge >= 0.3 is 0 Å². The lowest BCUT2D eigenvalue weighted by Crippen LogP contribution is -2.18. The number of carbonyl (C=O) groups is 1. The summed E-state index contributed by atoms with van der Waals surface area (Å²) in [4.78, 5) is 16.7. The van der Waals surface area contributed by atoms with E-state index in [2.05, 4.69) is 20.6 Å². The first-order valence-corrected chi connectivity index (χ1v) is 9.69. The lowest BCUT2D eigenvalue weighted by Gasteiger charge is -2.04. The van der Waals surface area contributed by atoms with Gasteiger partial charge in [-0.3, -0.25) is 9.36 Å². The van der Waals surface area contributed by atoms with E-state index in [4.69, 9.17) is 0 Å². The third-order valence-electron chi connectivity index (χ3n) is 4.38. The molecule has 2 N–H and O–H groups in total. The standard InChI is InChI=1S/C20H18N6O2S/c1-13-10-15(14(2)26(13)20-21-8-9-29-20)11-22-23-19(28)18-17(27)12-25(24-18)16-6-4-3-5-7-16/h3-12,27H,1-2H3,(H,23,28)/b22-11-. The monoisotopic (exact) mass is 406 g/mol. The summed E-state index contributed by atoms with van der Waals surface area (Å²) in [6.07, 6.45) is 4.71. The van der Waals surface area contributed by atoms with E-state index < -0.39 is 5.91 Å². The van der Waals surface area contributed by atoms with Crippen molar-refractivity contribution in [1.29, 1.82) is 0 Å². The lowest BCUT2D eigenvalue weighted by atomic mass is 10.3. The average molecular weight is 406 g/mol. The number of nitrogens with zero attached hydrogens (tertiary/aromatic N) is 5. The second kappa shape index (κ2) is 7.72. The van der Waals surface area contributed by atoms with Crippen molar-refractivity contribution in [3.63, 3.8) is 0 Å². The predicted octanol–water partition coefficient (Wildman–Crippen LogP) is 3.21. The van der Waals surface area contributed by atoms with Gasteiger partial charge < -0.3 is 5.11 Å². The fraction of sp³-hybridized carbons (Fsp3) is 0.100. The molecule has 3 heterocycles. The summed E-state index contributed by atoms with van der Waals surface area (Å²) in [5, 5.41) is 21.0. The summed E-state index contributed by atoms with van der Waals surface area (Å²) >= 11 is 1.55. The van der Waals surface area contributed by atoms with Crippen LogP contribution in [0.1, 0.15) is 27.4 Å². The molecule has 0 aliphatic heterocycles. The molecule has 0 aliphatic rings. The topological polar surface area (TPSA) is 97.3 Å². The Hall–Kier alpha value is -3.72. The average Bonchev–Trinajstić information content (AvgIpc) is 3.43. The molecule has 0 unspecified atom stereocenters. The van der Waals surface area contributed by atoms with Crippen LogP contribution in [0.5, 0.6) is 5.75 Å². The van der Waals surface area contributed by atoms with Crippen LogP contribution >= 0.6 is 11.3 Å². The Balaban J connectivity index is 1.50. The number of hydrazone groups is 1. The number of rotatable bonds is 5. The van der Waals surface area contributed by atoms with Crippen LogP contribution in [0.25, 0.3) is 10.8 Å². The molecule has 0 bridgehead atoms. The van der Waals surface area contributed by atoms with Crippen LogP contribution in [0.4, 0.5) is 0 Å². The van der Waals surface area contributed by atoms with Crippen LogP contribution in [-0.2, 0) is 0 Å². The van der Waals surface area contributed by atoms with Crippen molar-refractivity contribution >= 4 is 23.5 Å². The Bertz CT molecular complexity index is 1180. The molecule has 1 amide bonds. The Morgan fingerprint density at radius 3 is 2.79 bits per heavy atom. The number of aryl methyl sites for hydroxylation is 1. The lowest BCUT2D eigenvalue weighted by molar-refractivity contribution is 0.0947. The van der Waals surface area contributed by atoms with Gasteiger partial charge in [0.1, 0.15) is 0 Å². The predicted molar refractivity (Wildman–Crippen MR) is 111 cm³/mol. The number of thiazole rings is 1. The zero-order valence-corrected chi connectivity index (χ0v) is 16.6. The Morgan fingerprint density at radius 1 is 1.28 bits per heavy atom. The van der Waals surface area contributed by atoms with E-state index in [0.717, 1.165) is 27.8 Å². The highest BCUT2D eigenvalue weighted by Gasteiger charge is 2.17. The highest BCUT2D eigenvalue weighted by Crippen LogP contribution is 2.21. The number of nitrogens with one attached hydrogen (secondary N) is 1. The molecule has 3 aromatic heterocycles. The molecule has 0 radical (unpaired) electrons. The van der Waals surface area contributed by atoms with Gasteiger partial charge in [0.05, 0.1) is 18.1 Å². The van der Waals surface area contributed by atoms with Crippen LogP contribution in [-0.4, -0.2) is 36.6 Å². The van der Waals surface area contributed by atoms with Crippen LogP contribution in [0.3, 0.4) is 0 Å². The van der Waals surface area contributed by atoms with Crippen molar-refractivity contribution in [1.82, 2.24) is 24.8 Å². The Kier molecular flexibility index (Phi) is 4.96. The number of aromatic nitrogens is 4. The Labute approximate surface area is 170 Å². The molecule has 0 atom stereocenters. The molecule has 1 aromatic carbocycles. The maximum absolute atomic E-state index is 12.4.